The highest BCUT2D eigenvalue weighted by molar-refractivity contribution is 6.06. The molecule has 130 valence electrons. The first-order valence-corrected chi connectivity index (χ1v) is 8.46. The van der Waals surface area contributed by atoms with E-state index in [0.717, 1.165) is 37.3 Å². The van der Waals surface area contributed by atoms with Gasteiger partial charge in [0.1, 0.15) is 0 Å². The highest BCUT2D eigenvalue weighted by Crippen LogP contribution is 2.27. The van der Waals surface area contributed by atoms with Crippen molar-refractivity contribution in [2.75, 3.05) is 24.5 Å². The largest absolute Gasteiger partial charge is 0.307 e. The molecule has 1 aliphatic heterocycles. The molecule has 2 aromatic rings. The fourth-order valence-electron chi connectivity index (χ4n) is 3.19. The second-order valence-electron chi connectivity index (χ2n) is 6.17. The summed E-state index contributed by atoms with van der Waals surface area (Å²) in [5.41, 5.74) is 2.50. The van der Waals surface area contributed by atoms with Crippen LogP contribution >= 0.6 is 0 Å². The zero-order valence-electron chi connectivity index (χ0n) is 14.2. The van der Waals surface area contributed by atoms with Crippen molar-refractivity contribution in [3.05, 3.63) is 69.8 Å². The van der Waals surface area contributed by atoms with Crippen molar-refractivity contribution in [3.63, 3.8) is 0 Å². The van der Waals surface area contributed by atoms with Crippen LogP contribution in [0, 0.1) is 10.1 Å². The summed E-state index contributed by atoms with van der Waals surface area (Å²) in [5.74, 6) is -0.124. The predicted octanol–water partition coefficient (Wildman–Crippen LogP) is 3.47. The Hall–Kier alpha value is -2.73. The average Bonchev–Trinajstić information content (AvgIpc) is 2.81. The molecule has 0 fully saturated rings. The second kappa shape index (κ2) is 7.44. The lowest BCUT2D eigenvalue weighted by atomic mass is 10.1. The Labute approximate surface area is 146 Å². The predicted molar refractivity (Wildman–Crippen MR) is 96.8 cm³/mol. The van der Waals surface area contributed by atoms with E-state index >= 15 is 0 Å². The molecule has 25 heavy (non-hydrogen) atoms. The Morgan fingerprint density at radius 2 is 1.84 bits per heavy atom. The topological polar surface area (TPSA) is 66.7 Å². The van der Waals surface area contributed by atoms with E-state index in [2.05, 4.69) is 17.9 Å². The standard InChI is InChI=1S/C19H21N3O3/c1-2-11-20-12-13-21(18-6-4-3-5-16(18)14-20)19(23)15-7-9-17(10-8-15)22(24)25/h3-10H,2,11-14H2,1H3. The summed E-state index contributed by atoms with van der Waals surface area (Å²) in [5, 5.41) is 10.8. The Morgan fingerprint density at radius 3 is 2.52 bits per heavy atom. The maximum Gasteiger partial charge on any atom is 0.269 e. The van der Waals surface area contributed by atoms with Crippen molar-refractivity contribution in [2.45, 2.75) is 19.9 Å². The van der Waals surface area contributed by atoms with E-state index in [4.69, 9.17) is 0 Å². The lowest BCUT2D eigenvalue weighted by Crippen LogP contribution is -2.36. The van der Waals surface area contributed by atoms with Gasteiger partial charge in [0.05, 0.1) is 4.92 Å². The van der Waals surface area contributed by atoms with Crippen molar-refractivity contribution >= 4 is 17.3 Å². The fraction of sp³-hybridized carbons (Fsp3) is 0.316. The number of nitro groups is 1. The summed E-state index contributed by atoms with van der Waals surface area (Å²) in [6, 6.07) is 13.7. The summed E-state index contributed by atoms with van der Waals surface area (Å²) < 4.78 is 0. The molecule has 0 radical (unpaired) electrons. The number of benzene rings is 2. The molecular weight excluding hydrogens is 318 g/mol. The molecule has 1 amide bonds. The molecule has 0 spiro atoms. The Balaban J connectivity index is 1.90. The van der Waals surface area contributed by atoms with Crippen molar-refractivity contribution < 1.29 is 9.72 Å². The molecule has 0 aromatic heterocycles. The molecule has 0 aliphatic carbocycles. The van der Waals surface area contributed by atoms with Crippen LogP contribution in [0.15, 0.2) is 48.5 Å². The van der Waals surface area contributed by atoms with Crippen LogP contribution in [0.3, 0.4) is 0 Å². The van der Waals surface area contributed by atoms with Gasteiger partial charge in [-0.05, 0) is 36.7 Å². The normalized spacial score (nSPS) is 14.7. The lowest BCUT2D eigenvalue weighted by Gasteiger charge is -2.23. The van der Waals surface area contributed by atoms with Gasteiger partial charge < -0.3 is 4.90 Å². The van der Waals surface area contributed by atoms with E-state index in [0.29, 0.717) is 12.1 Å². The molecule has 3 rings (SSSR count). The molecule has 6 nitrogen and oxygen atoms in total. The Morgan fingerprint density at radius 1 is 1.12 bits per heavy atom. The number of para-hydroxylation sites is 1. The minimum absolute atomic E-state index is 0.0121. The van der Waals surface area contributed by atoms with Crippen molar-refractivity contribution in [3.8, 4) is 0 Å². The number of anilines is 1. The number of hydrogen-bond donors (Lipinski definition) is 0. The van der Waals surface area contributed by atoms with Crippen molar-refractivity contribution in [2.24, 2.45) is 0 Å². The number of carbonyl (C=O) groups excluding carboxylic acids is 1. The van der Waals surface area contributed by atoms with E-state index in [9.17, 15) is 14.9 Å². The summed E-state index contributed by atoms with van der Waals surface area (Å²) >= 11 is 0. The molecule has 0 atom stereocenters. The van der Waals surface area contributed by atoms with Crippen molar-refractivity contribution in [1.29, 1.82) is 0 Å². The van der Waals surface area contributed by atoms with Crippen LogP contribution in [-0.2, 0) is 6.54 Å². The fourth-order valence-corrected chi connectivity index (χ4v) is 3.19. The van der Waals surface area contributed by atoms with Crippen LogP contribution < -0.4 is 4.90 Å². The highest BCUT2D eigenvalue weighted by atomic mass is 16.6. The summed E-state index contributed by atoms with van der Waals surface area (Å²) in [6.45, 7) is 5.38. The number of nitro benzene ring substituents is 1. The van der Waals surface area contributed by atoms with Crippen LogP contribution in [0.2, 0.25) is 0 Å². The molecular formula is C19H21N3O3. The number of amides is 1. The molecule has 0 saturated carbocycles. The maximum absolute atomic E-state index is 13.0. The van der Waals surface area contributed by atoms with Crippen LogP contribution in [0.1, 0.15) is 29.3 Å². The average molecular weight is 339 g/mol. The number of hydrogen-bond acceptors (Lipinski definition) is 4. The summed E-state index contributed by atoms with van der Waals surface area (Å²) in [7, 11) is 0. The molecule has 0 unspecified atom stereocenters. The third kappa shape index (κ3) is 3.69. The lowest BCUT2D eigenvalue weighted by molar-refractivity contribution is -0.384. The molecule has 2 aromatic carbocycles. The Kier molecular flexibility index (Phi) is 5.09. The van der Waals surface area contributed by atoms with Crippen LogP contribution in [-0.4, -0.2) is 35.4 Å². The number of fused-ring (bicyclic) bond motifs is 1. The van der Waals surface area contributed by atoms with Gasteiger partial charge in [-0.3, -0.25) is 19.8 Å². The van der Waals surface area contributed by atoms with E-state index in [1.165, 1.54) is 24.3 Å². The van der Waals surface area contributed by atoms with Crippen LogP contribution in [0.5, 0.6) is 0 Å². The van der Waals surface area contributed by atoms with E-state index < -0.39 is 4.92 Å². The van der Waals surface area contributed by atoms with Gasteiger partial charge in [-0.2, -0.15) is 0 Å². The molecule has 1 aliphatic rings. The van der Waals surface area contributed by atoms with E-state index in [-0.39, 0.29) is 11.6 Å². The van der Waals surface area contributed by atoms with Crippen molar-refractivity contribution in [1.82, 2.24) is 4.90 Å². The highest BCUT2D eigenvalue weighted by Gasteiger charge is 2.25. The first-order chi connectivity index (χ1) is 12.1. The quantitative estimate of drug-likeness (QED) is 0.632. The van der Waals surface area contributed by atoms with Gasteiger partial charge in [-0.25, -0.2) is 0 Å². The van der Waals surface area contributed by atoms with E-state index in [1.54, 1.807) is 4.90 Å². The van der Waals surface area contributed by atoms with Crippen LogP contribution in [0.4, 0.5) is 11.4 Å². The van der Waals surface area contributed by atoms with Gasteiger partial charge in [-0.1, -0.05) is 25.1 Å². The SMILES string of the molecule is CCCN1CCN(C(=O)c2ccc([N+](=O)[O-])cc2)c2ccccc2C1. The molecule has 1 heterocycles. The number of non-ortho nitro benzene ring substituents is 1. The van der Waals surface area contributed by atoms with Gasteiger partial charge in [0.25, 0.3) is 11.6 Å². The van der Waals surface area contributed by atoms with Gasteiger partial charge in [0.2, 0.25) is 0 Å². The molecule has 0 saturated heterocycles. The molecule has 6 heteroatoms. The monoisotopic (exact) mass is 339 g/mol. The van der Waals surface area contributed by atoms with Gasteiger partial charge in [-0.15, -0.1) is 0 Å². The minimum atomic E-state index is -0.460. The number of nitrogens with zero attached hydrogens (tertiary/aromatic N) is 3. The van der Waals surface area contributed by atoms with Gasteiger partial charge in [0, 0.05) is 43.0 Å². The van der Waals surface area contributed by atoms with Crippen LogP contribution in [0.25, 0.3) is 0 Å². The Bertz CT molecular complexity index is 774. The smallest absolute Gasteiger partial charge is 0.269 e. The third-order valence-corrected chi connectivity index (χ3v) is 4.43. The van der Waals surface area contributed by atoms with Gasteiger partial charge in [0.15, 0.2) is 0 Å². The number of rotatable bonds is 4. The molecule has 0 bridgehead atoms. The maximum atomic E-state index is 13.0. The minimum Gasteiger partial charge on any atom is -0.307 e. The van der Waals surface area contributed by atoms with E-state index in [1.807, 2.05) is 18.2 Å². The van der Waals surface area contributed by atoms with Gasteiger partial charge >= 0.3 is 0 Å². The zero-order chi connectivity index (χ0) is 17.8. The third-order valence-electron chi connectivity index (χ3n) is 4.43. The molecule has 0 N–H and O–H groups in total. The summed E-state index contributed by atoms with van der Waals surface area (Å²) in [4.78, 5) is 27.5. The summed E-state index contributed by atoms with van der Waals surface area (Å²) in [6.07, 6.45) is 1.07. The zero-order valence-corrected chi connectivity index (χ0v) is 14.2. The first kappa shape index (κ1) is 17.1. The second-order valence-corrected chi connectivity index (χ2v) is 6.17. The number of carbonyl (C=O) groups is 1. The first-order valence-electron chi connectivity index (χ1n) is 8.46.